The SMILES string of the molecule is [C-]#[N+]c1cnn(-c2cc(Cl)c(S(N)(=O)(O)c3ccc(N4CCOCC4)c(S(=O)(=O)Nc4cc(C)c(C)cc4O)c3)cc2Cl)c1N=Nc1cc(Cl)c(O)c(Cl)c1. The lowest BCUT2D eigenvalue weighted by Gasteiger charge is -2.40. The molecule has 0 aliphatic carbocycles. The van der Waals surface area contributed by atoms with E-state index in [1.807, 2.05) is 0 Å². The van der Waals surface area contributed by atoms with Crippen LogP contribution in [0.1, 0.15) is 11.1 Å². The second-order valence-corrected chi connectivity index (χ2v) is 18.4. The number of sulfonamides is 1. The highest BCUT2D eigenvalue weighted by atomic mass is 35.5. The van der Waals surface area contributed by atoms with Gasteiger partial charge in [0.2, 0.25) is 0 Å². The van der Waals surface area contributed by atoms with E-state index in [-0.39, 0.29) is 65.8 Å². The van der Waals surface area contributed by atoms with Crippen molar-refractivity contribution >= 4 is 94.5 Å². The first kappa shape index (κ1) is 40.2. The molecule has 0 radical (unpaired) electrons. The van der Waals surface area contributed by atoms with Gasteiger partial charge in [-0.2, -0.15) is 14.4 Å². The average Bonchev–Trinajstić information content (AvgIpc) is 3.55. The number of nitrogens with two attached hydrogens (primary N) is 1. The van der Waals surface area contributed by atoms with Crippen LogP contribution in [0.2, 0.25) is 20.1 Å². The predicted octanol–water partition coefficient (Wildman–Crippen LogP) is 8.70. The molecule has 2 heterocycles. The van der Waals surface area contributed by atoms with Gasteiger partial charge >= 0.3 is 0 Å². The maximum Gasteiger partial charge on any atom is 0.264 e. The minimum Gasteiger partial charge on any atom is -0.506 e. The van der Waals surface area contributed by atoms with Crippen LogP contribution in [-0.2, 0) is 24.3 Å². The van der Waals surface area contributed by atoms with Crippen LogP contribution < -0.4 is 14.8 Å². The van der Waals surface area contributed by atoms with E-state index < -0.39 is 34.2 Å². The van der Waals surface area contributed by atoms with E-state index >= 15 is 0 Å². The number of aromatic nitrogens is 2. The average molecular weight is 869 g/mol. The Morgan fingerprint density at radius 1 is 0.927 bits per heavy atom. The number of azo groups is 1. The van der Waals surface area contributed by atoms with Crippen molar-refractivity contribution in [3.8, 4) is 17.2 Å². The topological polar surface area (TPSA) is 209 Å². The van der Waals surface area contributed by atoms with Crippen LogP contribution in [0.4, 0.5) is 28.6 Å². The van der Waals surface area contributed by atoms with Crippen LogP contribution in [0.5, 0.6) is 11.5 Å². The van der Waals surface area contributed by atoms with Crippen molar-refractivity contribution in [3.63, 3.8) is 0 Å². The Bertz CT molecular complexity index is 2610. The minimum absolute atomic E-state index is 0.00693. The third-order valence-corrected chi connectivity index (χ3v) is 13.7. The first-order valence-electron chi connectivity index (χ1n) is 15.9. The van der Waals surface area contributed by atoms with Crippen molar-refractivity contribution in [3.05, 3.63) is 103 Å². The molecule has 55 heavy (non-hydrogen) atoms. The molecule has 1 fully saturated rings. The van der Waals surface area contributed by atoms with Gasteiger partial charge in [-0.3, -0.25) is 9.27 Å². The summed E-state index contributed by atoms with van der Waals surface area (Å²) in [4.78, 5) is 3.68. The number of ether oxygens (including phenoxy) is 1. The van der Waals surface area contributed by atoms with E-state index in [1.165, 1.54) is 48.7 Å². The fourth-order valence-electron chi connectivity index (χ4n) is 5.61. The van der Waals surface area contributed by atoms with Crippen LogP contribution in [0.25, 0.3) is 10.5 Å². The molecule has 4 aromatic carbocycles. The van der Waals surface area contributed by atoms with Crippen molar-refractivity contribution < 1.29 is 32.1 Å². The molecular weight excluding hydrogens is 838 g/mol. The first-order chi connectivity index (χ1) is 25.8. The van der Waals surface area contributed by atoms with E-state index in [9.17, 15) is 27.4 Å². The molecule has 6 rings (SSSR count). The minimum atomic E-state index is -5.75. The lowest BCUT2D eigenvalue weighted by Crippen LogP contribution is -2.43. The number of aryl methyl sites for hydroxylation is 2. The van der Waals surface area contributed by atoms with E-state index in [2.05, 4.69) is 24.9 Å². The Balaban J connectivity index is 1.44. The van der Waals surface area contributed by atoms with Gasteiger partial charge < -0.3 is 19.8 Å². The number of benzene rings is 4. The molecular formula is C34H30Cl4N8O7S2. The van der Waals surface area contributed by atoms with Gasteiger partial charge in [0.25, 0.3) is 15.7 Å². The molecule has 21 heteroatoms. The van der Waals surface area contributed by atoms with Crippen LogP contribution in [0, 0.1) is 20.4 Å². The number of morpholine rings is 1. The molecule has 0 spiro atoms. The second kappa shape index (κ2) is 14.9. The summed E-state index contributed by atoms with van der Waals surface area (Å²) in [5.74, 6) is -0.791. The van der Waals surface area contributed by atoms with Gasteiger partial charge in [-0.1, -0.05) is 55.9 Å². The molecule has 0 bridgehead atoms. The molecule has 288 valence electrons. The summed E-state index contributed by atoms with van der Waals surface area (Å²) in [7, 11) is -10.3. The number of nitrogens with one attached hydrogen (secondary N) is 1. The first-order valence-corrected chi connectivity index (χ1v) is 20.8. The quantitative estimate of drug-likeness (QED) is 0.0544. The van der Waals surface area contributed by atoms with Gasteiger partial charge in [-0.25, -0.2) is 23.1 Å². The number of halogens is 4. The molecule has 15 nitrogen and oxygen atoms in total. The van der Waals surface area contributed by atoms with Gasteiger partial charge in [-0.05, 0) is 79.6 Å². The lowest BCUT2D eigenvalue weighted by atomic mass is 10.1. The molecule has 0 amide bonds. The Morgan fingerprint density at radius 2 is 1.58 bits per heavy atom. The number of phenols is 2. The molecule has 1 aliphatic heterocycles. The summed E-state index contributed by atoms with van der Waals surface area (Å²) in [5.41, 5.74) is 1.60. The summed E-state index contributed by atoms with van der Waals surface area (Å²) < 4.78 is 63.8. The third kappa shape index (κ3) is 7.83. The normalized spacial score (nSPS) is 14.5. The van der Waals surface area contributed by atoms with Crippen LogP contribution in [-0.4, -0.2) is 63.5 Å². The number of hydrogen-bond acceptors (Lipinski definition) is 10. The molecule has 0 saturated carbocycles. The lowest BCUT2D eigenvalue weighted by molar-refractivity contribution is 0.122. The van der Waals surface area contributed by atoms with E-state index in [4.69, 9.17) is 62.9 Å². The number of rotatable bonds is 9. The summed E-state index contributed by atoms with van der Waals surface area (Å²) in [6, 6.07) is 11.2. The molecule has 0 atom stereocenters. The fraction of sp³-hybridized carbons (Fsp3) is 0.176. The van der Waals surface area contributed by atoms with Crippen molar-refractivity contribution in [2.24, 2.45) is 15.4 Å². The highest BCUT2D eigenvalue weighted by Crippen LogP contribution is 2.46. The van der Waals surface area contributed by atoms with Crippen LogP contribution in [0.15, 0.2) is 85.7 Å². The number of nitrogens with zero attached hydrogens (tertiary/aromatic N) is 6. The second-order valence-electron chi connectivity index (χ2n) is 12.3. The molecule has 0 unspecified atom stereocenters. The van der Waals surface area contributed by atoms with Gasteiger partial charge in [0.05, 0.1) is 78.6 Å². The number of aromatic hydroxyl groups is 2. The highest BCUT2D eigenvalue weighted by molar-refractivity contribution is 8.13. The summed E-state index contributed by atoms with van der Waals surface area (Å²) in [5, 5.41) is 38.4. The molecule has 1 saturated heterocycles. The van der Waals surface area contributed by atoms with Gasteiger partial charge in [0.1, 0.15) is 10.6 Å². The molecule has 6 N–H and O–H groups in total. The van der Waals surface area contributed by atoms with Crippen molar-refractivity contribution in [1.29, 1.82) is 0 Å². The molecule has 1 aliphatic rings. The zero-order valence-electron chi connectivity index (χ0n) is 28.7. The van der Waals surface area contributed by atoms with Crippen LogP contribution >= 0.6 is 46.4 Å². The van der Waals surface area contributed by atoms with Crippen molar-refractivity contribution in [2.45, 2.75) is 28.5 Å². The summed E-state index contributed by atoms with van der Waals surface area (Å²) >= 11 is 25.3. The highest BCUT2D eigenvalue weighted by Gasteiger charge is 2.35. The summed E-state index contributed by atoms with van der Waals surface area (Å²) in [6.45, 7) is 12.3. The monoisotopic (exact) mass is 866 g/mol. The summed E-state index contributed by atoms with van der Waals surface area (Å²) in [6.07, 6.45) is 1.18. The maximum absolute atomic E-state index is 14.7. The van der Waals surface area contributed by atoms with E-state index in [1.54, 1.807) is 18.7 Å². The number of anilines is 2. The maximum atomic E-state index is 14.7. The van der Waals surface area contributed by atoms with Crippen molar-refractivity contribution in [1.82, 2.24) is 9.78 Å². The number of hydrogen-bond donors (Lipinski definition) is 5. The Hall–Kier alpha value is -4.48. The van der Waals surface area contributed by atoms with Crippen molar-refractivity contribution in [2.75, 3.05) is 35.9 Å². The van der Waals surface area contributed by atoms with E-state index in [0.29, 0.717) is 31.9 Å². The zero-order valence-corrected chi connectivity index (χ0v) is 33.3. The van der Waals surface area contributed by atoms with Gasteiger partial charge in [0, 0.05) is 13.1 Å². The zero-order chi connectivity index (χ0) is 40.1. The molecule has 1 aromatic heterocycles. The standard InChI is InChI=1S/C34H30Cl4N8O7S2/c1-18-10-26(30(47)11-19(18)2)44-54(49,50)31-14-21(4-5-28(31)45-6-8-53-9-7-45)55(39,51,52)32-16-22(35)29(15-23(32)36)46-34(27(40-3)17-41-46)43-42-20-12-24(37)33(48)25(38)13-20/h4-5,10-17,44,47-48H,6-9H2,1-2H3,(H3,39,51,52). The largest absolute Gasteiger partial charge is 0.506 e. The molecule has 5 aromatic rings. The number of phenolic OH excluding ortho intramolecular Hbond substituents is 2. The Morgan fingerprint density at radius 3 is 2.24 bits per heavy atom. The van der Waals surface area contributed by atoms with Crippen LogP contribution in [0.3, 0.4) is 0 Å². The predicted molar refractivity (Wildman–Crippen MR) is 212 cm³/mol. The van der Waals surface area contributed by atoms with E-state index in [0.717, 1.165) is 22.4 Å². The van der Waals surface area contributed by atoms with Gasteiger partial charge in [-0.15, -0.1) is 5.11 Å². The Kier molecular flexibility index (Phi) is 10.9. The third-order valence-electron chi connectivity index (χ3n) is 8.65. The fourth-order valence-corrected chi connectivity index (χ4v) is 10.1. The Labute approximate surface area is 335 Å². The van der Waals surface area contributed by atoms with Gasteiger partial charge in [0.15, 0.2) is 11.6 Å². The smallest absolute Gasteiger partial charge is 0.264 e.